The number of fused-ring (bicyclic) bond motifs is 3. The van der Waals surface area contributed by atoms with Gasteiger partial charge in [-0.15, -0.1) is 0 Å². The highest BCUT2D eigenvalue weighted by atomic mass is 15.2. The molecule has 0 radical (unpaired) electrons. The highest BCUT2D eigenvalue weighted by Crippen LogP contribution is 2.39. The molecule has 86 valence electrons. The van der Waals surface area contributed by atoms with Gasteiger partial charge in [0.05, 0.1) is 0 Å². The minimum Gasteiger partial charge on any atom is -0.368 e. The van der Waals surface area contributed by atoms with E-state index >= 15 is 0 Å². The second kappa shape index (κ2) is 4.10. The van der Waals surface area contributed by atoms with E-state index in [4.69, 9.17) is 5.73 Å². The van der Waals surface area contributed by atoms with Crippen molar-refractivity contribution in [3.05, 3.63) is 29.8 Å². The lowest BCUT2D eigenvalue weighted by atomic mass is 9.88. The fraction of sp³-hybridized carbons (Fsp3) is 0.571. The Kier molecular flexibility index (Phi) is 2.60. The van der Waals surface area contributed by atoms with E-state index in [0.717, 1.165) is 18.5 Å². The molecule has 1 aromatic carbocycles. The van der Waals surface area contributed by atoms with Crippen LogP contribution in [0.2, 0.25) is 0 Å². The number of anilines is 1. The number of hydrogen-bond donors (Lipinski definition) is 1. The number of aryl methyl sites for hydroxylation is 1. The zero-order valence-electron chi connectivity index (χ0n) is 9.73. The number of hydrogen-bond acceptors (Lipinski definition) is 2. The predicted octanol–water partition coefficient (Wildman–Crippen LogP) is 2.18. The first-order chi connectivity index (χ1) is 7.90. The van der Waals surface area contributed by atoms with Crippen molar-refractivity contribution in [3.8, 4) is 0 Å². The van der Waals surface area contributed by atoms with Gasteiger partial charge >= 0.3 is 0 Å². The maximum atomic E-state index is 5.71. The molecule has 0 aromatic heterocycles. The van der Waals surface area contributed by atoms with E-state index in [1.165, 1.54) is 43.5 Å². The van der Waals surface area contributed by atoms with Gasteiger partial charge in [-0.05, 0) is 49.8 Å². The number of nitrogens with zero attached hydrogens (tertiary/aromatic N) is 1. The first-order valence-corrected chi connectivity index (χ1v) is 6.45. The van der Waals surface area contributed by atoms with Gasteiger partial charge in [-0.2, -0.15) is 0 Å². The Labute approximate surface area is 97.4 Å². The summed E-state index contributed by atoms with van der Waals surface area (Å²) in [5.41, 5.74) is 8.73. The summed E-state index contributed by atoms with van der Waals surface area (Å²) in [6.45, 7) is 2.07. The molecule has 2 aliphatic heterocycles. The lowest BCUT2D eigenvalue weighted by Gasteiger charge is -2.36. The molecule has 0 aliphatic carbocycles. The number of rotatable bonds is 2. The van der Waals surface area contributed by atoms with Gasteiger partial charge in [-0.25, -0.2) is 0 Å². The third kappa shape index (κ3) is 1.52. The molecular weight excluding hydrogens is 196 g/mol. The van der Waals surface area contributed by atoms with Crippen LogP contribution in [-0.4, -0.2) is 19.1 Å². The quantitative estimate of drug-likeness (QED) is 0.821. The van der Waals surface area contributed by atoms with E-state index in [2.05, 4.69) is 29.2 Å². The minimum atomic E-state index is 0.762. The molecule has 1 fully saturated rings. The SMILES string of the molecule is NCCC1CCN2c3ccccc3CCC12. The van der Waals surface area contributed by atoms with Crippen LogP contribution < -0.4 is 10.6 Å². The molecule has 2 unspecified atom stereocenters. The van der Waals surface area contributed by atoms with E-state index in [1.54, 1.807) is 0 Å². The van der Waals surface area contributed by atoms with E-state index in [0.29, 0.717) is 0 Å². The summed E-state index contributed by atoms with van der Waals surface area (Å²) in [6.07, 6.45) is 5.10. The maximum absolute atomic E-state index is 5.71. The van der Waals surface area contributed by atoms with Crippen LogP contribution in [0.25, 0.3) is 0 Å². The number of nitrogens with two attached hydrogens (primary N) is 1. The van der Waals surface area contributed by atoms with Crippen LogP contribution in [0.5, 0.6) is 0 Å². The molecule has 3 rings (SSSR count). The molecule has 16 heavy (non-hydrogen) atoms. The van der Waals surface area contributed by atoms with Crippen molar-refractivity contribution < 1.29 is 0 Å². The van der Waals surface area contributed by atoms with Crippen molar-refractivity contribution >= 4 is 5.69 Å². The summed E-state index contributed by atoms with van der Waals surface area (Å²) in [5.74, 6) is 0.832. The topological polar surface area (TPSA) is 29.3 Å². The Morgan fingerprint density at radius 1 is 1.25 bits per heavy atom. The molecule has 0 saturated carbocycles. The normalized spacial score (nSPS) is 27.7. The van der Waals surface area contributed by atoms with Crippen LogP contribution in [0.4, 0.5) is 5.69 Å². The molecule has 2 N–H and O–H groups in total. The average molecular weight is 216 g/mol. The van der Waals surface area contributed by atoms with Crippen molar-refractivity contribution in [1.82, 2.24) is 0 Å². The summed E-state index contributed by atoms with van der Waals surface area (Å²) < 4.78 is 0. The number of para-hydroxylation sites is 1. The van der Waals surface area contributed by atoms with E-state index in [1.807, 2.05) is 0 Å². The molecular formula is C14H20N2. The summed E-state index contributed by atoms with van der Waals surface area (Å²) >= 11 is 0. The van der Waals surface area contributed by atoms with Crippen molar-refractivity contribution in [2.75, 3.05) is 18.0 Å². The zero-order chi connectivity index (χ0) is 11.0. The summed E-state index contributed by atoms with van der Waals surface area (Å²) in [6, 6.07) is 9.65. The van der Waals surface area contributed by atoms with Gasteiger partial charge in [0.15, 0.2) is 0 Å². The Hall–Kier alpha value is -1.02. The van der Waals surface area contributed by atoms with Crippen LogP contribution in [-0.2, 0) is 6.42 Å². The molecule has 2 heteroatoms. The zero-order valence-corrected chi connectivity index (χ0v) is 9.73. The molecule has 2 nitrogen and oxygen atoms in total. The predicted molar refractivity (Wildman–Crippen MR) is 67.7 cm³/mol. The van der Waals surface area contributed by atoms with Gasteiger partial charge in [-0.1, -0.05) is 18.2 Å². The Morgan fingerprint density at radius 3 is 3.00 bits per heavy atom. The van der Waals surface area contributed by atoms with Crippen molar-refractivity contribution in [2.45, 2.75) is 31.7 Å². The van der Waals surface area contributed by atoms with E-state index < -0.39 is 0 Å². The van der Waals surface area contributed by atoms with Gasteiger partial charge in [0, 0.05) is 18.3 Å². The summed E-state index contributed by atoms with van der Waals surface area (Å²) in [7, 11) is 0. The first-order valence-electron chi connectivity index (χ1n) is 6.45. The molecule has 2 atom stereocenters. The molecule has 2 heterocycles. The van der Waals surface area contributed by atoms with Gasteiger partial charge in [-0.3, -0.25) is 0 Å². The van der Waals surface area contributed by atoms with Gasteiger partial charge in [0.25, 0.3) is 0 Å². The lowest BCUT2D eigenvalue weighted by molar-refractivity contribution is 0.417. The summed E-state index contributed by atoms with van der Waals surface area (Å²) in [4.78, 5) is 2.62. The highest BCUT2D eigenvalue weighted by molar-refractivity contribution is 5.57. The Morgan fingerprint density at radius 2 is 2.12 bits per heavy atom. The van der Waals surface area contributed by atoms with Crippen LogP contribution >= 0.6 is 0 Å². The monoisotopic (exact) mass is 216 g/mol. The second-order valence-electron chi connectivity index (χ2n) is 5.05. The fourth-order valence-corrected chi connectivity index (χ4v) is 3.46. The number of benzene rings is 1. The van der Waals surface area contributed by atoms with Gasteiger partial charge in [0.1, 0.15) is 0 Å². The van der Waals surface area contributed by atoms with E-state index in [-0.39, 0.29) is 0 Å². The summed E-state index contributed by atoms with van der Waals surface area (Å²) in [5, 5.41) is 0. The molecule has 0 spiro atoms. The van der Waals surface area contributed by atoms with E-state index in [9.17, 15) is 0 Å². The lowest BCUT2D eigenvalue weighted by Crippen LogP contribution is -2.37. The van der Waals surface area contributed by atoms with Crippen molar-refractivity contribution in [3.63, 3.8) is 0 Å². The largest absolute Gasteiger partial charge is 0.368 e. The molecule has 1 saturated heterocycles. The van der Waals surface area contributed by atoms with Crippen LogP contribution in [0.1, 0.15) is 24.8 Å². The van der Waals surface area contributed by atoms with Crippen molar-refractivity contribution in [1.29, 1.82) is 0 Å². The first kappa shape index (κ1) is 10.2. The molecule has 1 aromatic rings. The molecule has 0 bridgehead atoms. The van der Waals surface area contributed by atoms with Gasteiger partial charge in [0.2, 0.25) is 0 Å². The third-order valence-corrected chi connectivity index (χ3v) is 4.23. The Balaban J connectivity index is 1.87. The van der Waals surface area contributed by atoms with Crippen molar-refractivity contribution in [2.24, 2.45) is 11.7 Å². The maximum Gasteiger partial charge on any atom is 0.0401 e. The van der Waals surface area contributed by atoms with Gasteiger partial charge < -0.3 is 10.6 Å². The standard InChI is InChI=1S/C14H20N2/c15-9-7-12-8-10-16-13-4-2-1-3-11(13)5-6-14(12)16/h1-4,12,14H,5-10,15H2. The highest BCUT2D eigenvalue weighted by Gasteiger charge is 2.36. The smallest absolute Gasteiger partial charge is 0.0401 e. The van der Waals surface area contributed by atoms with Crippen LogP contribution in [0, 0.1) is 5.92 Å². The molecule has 0 amide bonds. The molecule has 2 aliphatic rings. The minimum absolute atomic E-state index is 0.762. The third-order valence-electron chi connectivity index (χ3n) is 4.23. The Bertz CT molecular complexity index is 375. The second-order valence-corrected chi connectivity index (χ2v) is 5.05. The average Bonchev–Trinajstić information content (AvgIpc) is 2.73. The fourth-order valence-electron chi connectivity index (χ4n) is 3.46. The van der Waals surface area contributed by atoms with Crippen LogP contribution in [0.15, 0.2) is 24.3 Å². The van der Waals surface area contributed by atoms with Crippen LogP contribution in [0.3, 0.4) is 0 Å².